The standard InChI is InChI=1S/C7H7BrN2O2/c1-2-12-6-3-5(8)4-9-7(6)10-11/h3-4H,2H2,1H3. The van der Waals surface area contributed by atoms with Crippen molar-refractivity contribution in [2.75, 3.05) is 6.61 Å². The lowest BCUT2D eigenvalue weighted by atomic mass is 10.4. The molecule has 1 rings (SSSR count). The molecule has 0 bridgehead atoms. The number of pyridine rings is 1. The Hall–Kier alpha value is -0.970. The average Bonchev–Trinajstić information content (AvgIpc) is 2.05. The normalized spacial score (nSPS) is 9.50. The number of aromatic nitrogens is 1. The highest BCUT2D eigenvalue weighted by atomic mass is 79.9. The molecule has 12 heavy (non-hydrogen) atoms. The van der Waals surface area contributed by atoms with Crippen molar-refractivity contribution >= 4 is 21.7 Å². The number of halogens is 1. The first-order valence-corrected chi connectivity index (χ1v) is 4.19. The van der Waals surface area contributed by atoms with Gasteiger partial charge in [0.1, 0.15) is 0 Å². The molecule has 0 amide bonds. The summed E-state index contributed by atoms with van der Waals surface area (Å²) in [6.07, 6.45) is 1.50. The number of hydrogen-bond donors (Lipinski definition) is 0. The number of hydrogen-bond acceptors (Lipinski definition) is 4. The molecule has 0 aliphatic carbocycles. The van der Waals surface area contributed by atoms with Crippen LogP contribution in [0, 0.1) is 4.91 Å². The molecule has 0 aliphatic heterocycles. The van der Waals surface area contributed by atoms with Crippen LogP contribution in [0.2, 0.25) is 0 Å². The third-order valence-corrected chi connectivity index (χ3v) is 1.62. The van der Waals surface area contributed by atoms with Gasteiger partial charge in [0, 0.05) is 10.7 Å². The first-order valence-electron chi connectivity index (χ1n) is 3.39. The molecule has 1 aromatic heterocycles. The summed E-state index contributed by atoms with van der Waals surface area (Å²) < 4.78 is 5.88. The summed E-state index contributed by atoms with van der Waals surface area (Å²) in [6, 6.07) is 1.66. The highest BCUT2D eigenvalue weighted by Gasteiger charge is 2.04. The fourth-order valence-electron chi connectivity index (χ4n) is 0.744. The van der Waals surface area contributed by atoms with Gasteiger partial charge >= 0.3 is 0 Å². The average molecular weight is 231 g/mol. The number of ether oxygens (including phenoxy) is 1. The van der Waals surface area contributed by atoms with Crippen molar-refractivity contribution in [3.63, 3.8) is 0 Å². The first-order chi connectivity index (χ1) is 5.77. The van der Waals surface area contributed by atoms with Crippen molar-refractivity contribution in [1.29, 1.82) is 0 Å². The number of nitroso groups, excluding NO2 is 1. The van der Waals surface area contributed by atoms with Gasteiger partial charge in [-0.1, -0.05) is 0 Å². The van der Waals surface area contributed by atoms with E-state index >= 15 is 0 Å². The fraction of sp³-hybridized carbons (Fsp3) is 0.286. The molecule has 1 aromatic rings. The van der Waals surface area contributed by atoms with Crippen molar-refractivity contribution in [2.24, 2.45) is 5.18 Å². The highest BCUT2D eigenvalue weighted by Crippen LogP contribution is 2.27. The minimum atomic E-state index is 0.0834. The van der Waals surface area contributed by atoms with Crippen molar-refractivity contribution in [3.8, 4) is 5.75 Å². The van der Waals surface area contributed by atoms with Gasteiger partial charge in [-0.3, -0.25) is 0 Å². The molecule has 0 spiro atoms. The maximum atomic E-state index is 10.2. The van der Waals surface area contributed by atoms with E-state index in [4.69, 9.17) is 4.74 Å². The SMILES string of the molecule is CCOc1cc(Br)cnc1N=O. The molecule has 0 saturated carbocycles. The van der Waals surface area contributed by atoms with Crippen LogP contribution in [0.1, 0.15) is 6.92 Å². The molecule has 0 aromatic carbocycles. The summed E-state index contributed by atoms with van der Waals surface area (Å²) in [7, 11) is 0. The van der Waals surface area contributed by atoms with Crippen LogP contribution >= 0.6 is 15.9 Å². The van der Waals surface area contributed by atoms with Gasteiger partial charge < -0.3 is 4.74 Å². The zero-order valence-electron chi connectivity index (χ0n) is 6.45. The van der Waals surface area contributed by atoms with Gasteiger partial charge in [-0.2, -0.15) is 0 Å². The molecule has 0 radical (unpaired) electrons. The van der Waals surface area contributed by atoms with Crippen LogP contribution in [-0.2, 0) is 0 Å². The Morgan fingerprint density at radius 2 is 2.50 bits per heavy atom. The second-order valence-corrected chi connectivity index (χ2v) is 2.92. The van der Waals surface area contributed by atoms with Crippen molar-refractivity contribution in [1.82, 2.24) is 4.98 Å². The van der Waals surface area contributed by atoms with E-state index in [9.17, 15) is 4.91 Å². The van der Waals surface area contributed by atoms with Gasteiger partial charge in [-0.05, 0) is 34.1 Å². The van der Waals surface area contributed by atoms with E-state index < -0.39 is 0 Å². The third-order valence-electron chi connectivity index (χ3n) is 1.19. The van der Waals surface area contributed by atoms with E-state index in [0.717, 1.165) is 4.47 Å². The first kappa shape index (κ1) is 9.12. The summed E-state index contributed by atoms with van der Waals surface area (Å²) in [6.45, 7) is 2.32. The fourth-order valence-corrected chi connectivity index (χ4v) is 1.05. The topological polar surface area (TPSA) is 51.6 Å². The lowest BCUT2D eigenvalue weighted by Crippen LogP contribution is -1.92. The van der Waals surface area contributed by atoms with Crippen LogP contribution in [0.25, 0.3) is 0 Å². The largest absolute Gasteiger partial charge is 0.490 e. The molecule has 1 heterocycles. The lowest BCUT2D eigenvalue weighted by molar-refractivity contribution is 0.340. The van der Waals surface area contributed by atoms with E-state index in [0.29, 0.717) is 12.4 Å². The van der Waals surface area contributed by atoms with Crippen LogP contribution < -0.4 is 4.74 Å². The van der Waals surface area contributed by atoms with Crippen molar-refractivity contribution in [3.05, 3.63) is 21.6 Å². The van der Waals surface area contributed by atoms with E-state index in [1.807, 2.05) is 6.92 Å². The number of rotatable bonds is 3. The summed E-state index contributed by atoms with van der Waals surface area (Å²) in [5, 5.41) is 2.72. The van der Waals surface area contributed by atoms with Crippen molar-refractivity contribution in [2.45, 2.75) is 6.92 Å². The smallest absolute Gasteiger partial charge is 0.238 e. The summed E-state index contributed by atoms with van der Waals surface area (Å²) in [5.74, 6) is 0.488. The minimum absolute atomic E-state index is 0.0834. The molecule has 0 atom stereocenters. The van der Waals surface area contributed by atoms with Crippen LogP contribution in [0.15, 0.2) is 21.9 Å². The molecule has 5 heteroatoms. The Bertz CT molecular complexity index is 291. The maximum Gasteiger partial charge on any atom is 0.238 e. The predicted molar refractivity (Wildman–Crippen MR) is 48.6 cm³/mol. The second kappa shape index (κ2) is 4.15. The van der Waals surface area contributed by atoms with Gasteiger partial charge in [0.15, 0.2) is 5.75 Å². The third kappa shape index (κ3) is 2.01. The molecular weight excluding hydrogens is 224 g/mol. The van der Waals surface area contributed by atoms with Crippen molar-refractivity contribution < 1.29 is 4.74 Å². The highest BCUT2D eigenvalue weighted by molar-refractivity contribution is 9.10. The van der Waals surface area contributed by atoms with Crippen LogP contribution in [0.3, 0.4) is 0 Å². The van der Waals surface area contributed by atoms with E-state index in [1.54, 1.807) is 6.07 Å². The lowest BCUT2D eigenvalue weighted by Gasteiger charge is -2.03. The molecule has 4 nitrogen and oxygen atoms in total. The zero-order chi connectivity index (χ0) is 8.97. The van der Waals surface area contributed by atoms with Gasteiger partial charge in [-0.25, -0.2) is 4.98 Å². The molecular formula is C7H7BrN2O2. The Labute approximate surface area is 78.1 Å². The molecule has 0 fully saturated rings. The Morgan fingerprint density at radius 1 is 1.75 bits per heavy atom. The van der Waals surface area contributed by atoms with E-state index in [2.05, 4.69) is 26.1 Å². The van der Waals surface area contributed by atoms with Gasteiger partial charge in [0.25, 0.3) is 0 Å². The quantitative estimate of drug-likeness (QED) is 0.751. The van der Waals surface area contributed by atoms with Crippen LogP contribution in [0.5, 0.6) is 5.75 Å². The van der Waals surface area contributed by atoms with E-state index in [-0.39, 0.29) is 5.82 Å². The van der Waals surface area contributed by atoms with E-state index in [1.165, 1.54) is 6.20 Å². The monoisotopic (exact) mass is 230 g/mol. The minimum Gasteiger partial charge on any atom is -0.490 e. The van der Waals surface area contributed by atoms with Gasteiger partial charge in [0.05, 0.1) is 6.61 Å². The predicted octanol–water partition coefficient (Wildman–Crippen LogP) is 2.64. The van der Waals surface area contributed by atoms with Gasteiger partial charge in [-0.15, -0.1) is 4.91 Å². The second-order valence-electron chi connectivity index (χ2n) is 2.00. The zero-order valence-corrected chi connectivity index (χ0v) is 8.04. The summed E-state index contributed by atoms with van der Waals surface area (Å²) in [4.78, 5) is 14.0. The van der Waals surface area contributed by atoms with Crippen LogP contribution in [0.4, 0.5) is 5.82 Å². The molecule has 0 unspecified atom stereocenters. The molecule has 0 saturated heterocycles. The number of nitrogens with zero attached hydrogens (tertiary/aromatic N) is 2. The Balaban J connectivity index is 3.03. The van der Waals surface area contributed by atoms with Gasteiger partial charge in [0.2, 0.25) is 5.82 Å². The summed E-state index contributed by atoms with van der Waals surface area (Å²) in [5.41, 5.74) is 0. The molecule has 64 valence electrons. The molecule has 0 aliphatic rings. The summed E-state index contributed by atoms with van der Waals surface area (Å²) >= 11 is 3.21. The Kier molecular flexibility index (Phi) is 3.16. The Morgan fingerprint density at radius 3 is 3.08 bits per heavy atom. The van der Waals surface area contributed by atoms with Crippen LogP contribution in [-0.4, -0.2) is 11.6 Å². The molecule has 0 N–H and O–H groups in total. The maximum absolute atomic E-state index is 10.2.